The van der Waals surface area contributed by atoms with Crippen LogP contribution in [0, 0.1) is 11.8 Å². The lowest BCUT2D eigenvalue weighted by Crippen LogP contribution is -2.45. The average Bonchev–Trinajstić information content (AvgIpc) is 3.13. The Balaban J connectivity index is 1.36. The highest BCUT2D eigenvalue weighted by Gasteiger charge is 2.51. The molecule has 196 valence electrons. The Hall–Kier alpha value is -2.54. The van der Waals surface area contributed by atoms with E-state index in [1.165, 1.54) is 29.4 Å². The SMILES string of the molecule is C[C@@H](C(=O)OCC(=O)Nc1cc(S(=O)(=O)N2CCOCC2)ccc1Cl)N1C(=O)[C@H]2CCCC[C@H]2C1=O. The lowest BCUT2D eigenvalue weighted by molar-refractivity contribution is -0.159. The maximum Gasteiger partial charge on any atom is 0.329 e. The van der Waals surface area contributed by atoms with Gasteiger partial charge in [-0.2, -0.15) is 4.31 Å². The van der Waals surface area contributed by atoms with Crippen LogP contribution in [-0.2, 0) is 38.7 Å². The number of hydrogen-bond acceptors (Lipinski definition) is 8. The highest BCUT2D eigenvalue weighted by molar-refractivity contribution is 7.89. The molecule has 2 heterocycles. The van der Waals surface area contributed by atoms with E-state index in [1.807, 2.05) is 0 Å². The molecular weight excluding hydrogens is 514 g/mol. The van der Waals surface area contributed by atoms with Crippen LogP contribution in [0.5, 0.6) is 0 Å². The number of ether oxygens (including phenoxy) is 2. The van der Waals surface area contributed by atoms with Crippen molar-refractivity contribution in [2.75, 3.05) is 38.2 Å². The number of amides is 3. The van der Waals surface area contributed by atoms with Crippen LogP contribution in [0.4, 0.5) is 5.69 Å². The Labute approximate surface area is 214 Å². The second-order valence-electron chi connectivity index (χ2n) is 9.03. The van der Waals surface area contributed by atoms with Crippen LogP contribution in [0.25, 0.3) is 0 Å². The quantitative estimate of drug-likeness (QED) is 0.403. The number of benzene rings is 1. The molecular formula is C23H28ClN3O8S. The molecule has 1 aromatic rings. The summed E-state index contributed by atoms with van der Waals surface area (Å²) in [5, 5.41) is 2.54. The van der Waals surface area contributed by atoms with Gasteiger partial charge in [-0.15, -0.1) is 0 Å². The summed E-state index contributed by atoms with van der Waals surface area (Å²) in [5.74, 6) is -3.18. The van der Waals surface area contributed by atoms with Crippen molar-refractivity contribution in [1.29, 1.82) is 0 Å². The minimum Gasteiger partial charge on any atom is -0.454 e. The van der Waals surface area contributed by atoms with Gasteiger partial charge in [0, 0.05) is 13.1 Å². The molecule has 1 N–H and O–H groups in total. The molecule has 2 aliphatic heterocycles. The van der Waals surface area contributed by atoms with Gasteiger partial charge < -0.3 is 14.8 Å². The normalized spacial score (nSPS) is 23.8. The van der Waals surface area contributed by atoms with Crippen LogP contribution in [0.15, 0.2) is 23.1 Å². The molecule has 3 atom stereocenters. The van der Waals surface area contributed by atoms with E-state index in [2.05, 4.69) is 5.32 Å². The molecule has 13 heteroatoms. The summed E-state index contributed by atoms with van der Waals surface area (Å²) in [6.45, 7) is 1.69. The highest BCUT2D eigenvalue weighted by atomic mass is 35.5. The molecule has 36 heavy (non-hydrogen) atoms. The highest BCUT2D eigenvalue weighted by Crippen LogP contribution is 2.39. The van der Waals surface area contributed by atoms with Crippen LogP contribution in [0.3, 0.4) is 0 Å². The van der Waals surface area contributed by atoms with Crippen molar-refractivity contribution in [3.8, 4) is 0 Å². The molecule has 1 aromatic carbocycles. The number of esters is 1. The van der Waals surface area contributed by atoms with E-state index in [-0.39, 0.29) is 53.7 Å². The van der Waals surface area contributed by atoms with Gasteiger partial charge in [0.2, 0.25) is 21.8 Å². The first kappa shape index (κ1) is 26.5. The number of hydrogen-bond donors (Lipinski definition) is 1. The Kier molecular flexibility index (Phi) is 7.98. The fraction of sp³-hybridized carbons (Fsp3) is 0.565. The summed E-state index contributed by atoms with van der Waals surface area (Å²) in [7, 11) is -3.81. The maximum atomic E-state index is 12.9. The average molecular weight is 542 g/mol. The monoisotopic (exact) mass is 541 g/mol. The minimum absolute atomic E-state index is 0.0362. The lowest BCUT2D eigenvalue weighted by Gasteiger charge is -2.26. The van der Waals surface area contributed by atoms with E-state index in [1.54, 1.807) is 0 Å². The summed E-state index contributed by atoms with van der Waals surface area (Å²) in [4.78, 5) is 51.3. The first-order valence-electron chi connectivity index (χ1n) is 11.8. The topological polar surface area (TPSA) is 139 Å². The van der Waals surface area contributed by atoms with E-state index in [0.29, 0.717) is 12.8 Å². The largest absolute Gasteiger partial charge is 0.454 e. The van der Waals surface area contributed by atoms with Crippen LogP contribution >= 0.6 is 11.6 Å². The van der Waals surface area contributed by atoms with Crippen molar-refractivity contribution in [2.24, 2.45) is 11.8 Å². The molecule has 3 fully saturated rings. The van der Waals surface area contributed by atoms with E-state index in [0.717, 1.165) is 17.7 Å². The second kappa shape index (κ2) is 10.8. The Bertz CT molecular complexity index is 1140. The molecule has 1 saturated carbocycles. The van der Waals surface area contributed by atoms with Gasteiger partial charge in [0.05, 0.1) is 40.7 Å². The zero-order valence-corrected chi connectivity index (χ0v) is 21.3. The summed E-state index contributed by atoms with van der Waals surface area (Å²) in [6.07, 6.45) is 2.98. The number of morpholine rings is 1. The first-order chi connectivity index (χ1) is 17.1. The molecule has 0 bridgehead atoms. The molecule has 0 spiro atoms. The maximum absolute atomic E-state index is 12.9. The fourth-order valence-electron chi connectivity index (χ4n) is 4.82. The van der Waals surface area contributed by atoms with Gasteiger partial charge in [-0.05, 0) is 38.0 Å². The Morgan fingerprint density at radius 2 is 1.75 bits per heavy atom. The molecule has 2 saturated heterocycles. The zero-order valence-electron chi connectivity index (χ0n) is 19.8. The smallest absolute Gasteiger partial charge is 0.329 e. The molecule has 4 rings (SSSR count). The van der Waals surface area contributed by atoms with Gasteiger partial charge in [0.1, 0.15) is 6.04 Å². The molecule has 0 radical (unpaired) electrons. The molecule has 0 aromatic heterocycles. The number of nitrogens with zero attached hydrogens (tertiary/aromatic N) is 2. The summed E-state index contributed by atoms with van der Waals surface area (Å²) in [6, 6.07) is 2.77. The third-order valence-corrected chi connectivity index (χ3v) is 8.99. The van der Waals surface area contributed by atoms with Gasteiger partial charge in [0.25, 0.3) is 5.91 Å². The predicted octanol–water partition coefficient (Wildman–Crippen LogP) is 1.41. The van der Waals surface area contributed by atoms with Crippen molar-refractivity contribution in [3.63, 3.8) is 0 Å². The molecule has 0 unspecified atom stereocenters. The van der Waals surface area contributed by atoms with Gasteiger partial charge in [-0.3, -0.25) is 19.3 Å². The Morgan fingerprint density at radius 3 is 2.36 bits per heavy atom. The molecule has 11 nitrogen and oxygen atoms in total. The minimum atomic E-state index is -3.81. The predicted molar refractivity (Wildman–Crippen MR) is 127 cm³/mol. The number of nitrogens with one attached hydrogen (secondary N) is 1. The second-order valence-corrected chi connectivity index (χ2v) is 11.4. The number of anilines is 1. The standard InChI is InChI=1S/C23H28ClN3O8S/c1-14(27-21(29)16-4-2-3-5-17(16)22(27)30)23(31)35-13-20(28)25-19-12-15(6-7-18(19)24)36(32,33)26-8-10-34-11-9-26/h6-7,12,14,16-17H,2-5,8-11,13H2,1H3,(H,25,28)/t14-,16-,17+/m0/s1. The van der Waals surface area contributed by atoms with Crippen molar-refractivity contribution in [3.05, 3.63) is 23.2 Å². The summed E-state index contributed by atoms with van der Waals surface area (Å²) >= 11 is 6.13. The van der Waals surface area contributed by atoms with Crippen LogP contribution in [-0.4, -0.2) is 80.3 Å². The molecule has 3 aliphatic rings. The Morgan fingerprint density at radius 1 is 1.14 bits per heavy atom. The zero-order chi connectivity index (χ0) is 26.0. The fourth-order valence-corrected chi connectivity index (χ4v) is 6.41. The lowest BCUT2D eigenvalue weighted by atomic mass is 9.81. The molecule has 3 amide bonds. The van der Waals surface area contributed by atoms with E-state index >= 15 is 0 Å². The van der Waals surface area contributed by atoms with Gasteiger partial charge in [0.15, 0.2) is 6.61 Å². The third-order valence-electron chi connectivity index (χ3n) is 6.77. The van der Waals surface area contributed by atoms with Crippen molar-refractivity contribution < 1.29 is 37.1 Å². The van der Waals surface area contributed by atoms with Crippen molar-refractivity contribution in [1.82, 2.24) is 9.21 Å². The number of fused-ring (bicyclic) bond motifs is 1. The van der Waals surface area contributed by atoms with Gasteiger partial charge in [-0.25, -0.2) is 13.2 Å². The van der Waals surface area contributed by atoms with Gasteiger partial charge in [-0.1, -0.05) is 24.4 Å². The summed E-state index contributed by atoms with van der Waals surface area (Å²) < 4.78 is 37.3. The number of halogens is 1. The van der Waals surface area contributed by atoms with Crippen LogP contribution in [0.2, 0.25) is 5.02 Å². The van der Waals surface area contributed by atoms with E-state index in [4.69, 9.17) is 21.1 Å². The summed E-state index contributed by atoms with van der Waals surface area (Å²) in [5.41, 5.74) is 0.0362. The first-order valence-corrected chi connectivity index (χ1v) is 13.6. The number of carbonyl (C=O) groups is 4. The third kappa shape index (κ3) is 5.26. The van der Waals surface area contributed by atoms with E-state index < -0.39 is 46.4 Å². The number of rotatable bonds is 7. The number of carbonyl (C=O) groups excluding carboxylic acids is 4. The van der Waals surface area contributed by atoms with Crippen molar-refractivity contribution in [2.45, 2.75) is 43.5 Å². The van der Waals surface area contributed by atoms with Gasteiger partial charge >= 0.3 is 5.97 Å². The number of sulfonamides is 1. The number of likely N-dealkylation sites (tertiary alicyclic amines) is 1. The van der Waals surface area contributed by atoms with E-state index in [9.17, 15) is 27.6 Å². The molecule has 1 aliphatic carbocycles. The number of imide groups is 1. The van der Waals surface area contributed by atoms with Crippen molar-refractivity contribution >= 4 is 51.0 Å². The van der Waals surface area contributed by atoms with Crippen LogP contribution < -0.4 is 5.32 Å². The van der Waals surface area contributed by atoms with Crippen LogP contribution in [0.1, 0.15) is 32.6 Å².